The molecule has 6 nitrogen and oxygen atoms in total. The fraction of sp³-hybridized carbons (Fsp3) is 0.722. The van der Waals surface area contributed by atoms with Gasteiger partial charge in [-0.1, -0.05) is 41.5 Å². The summed E-state index contributed by atoms with van der Waals surface area (Å²) in [5, 5.41) is 10.1. The maximum absolute atomic E-state index is 12.6. The Morgan fingerprint density at radius 2 is 1.38 bits per heavy atom. The van der Waals surface area contributed by atoms with Crippen molar-refractivity contribution in [3.05, 3.63) is 17.5 Å². The van der Waals surface area contributed by atoms with E-state index in [2.05, 4.69) is 57.3 Å². The maximum Gasteiger partial charge on any atom is 0.272 e. The minimum absolute atomic E-state index is 0.0328. The average Bonchev–Trinajstić information content (AvgIpc) is 2.78. The van der Waals surface area contributed by atoms with Crippen LogP contribution in [0.15, 0.2) is 6.20 Å². The van der Waals surface area contributed by atoms with Crippen LogP contribution < -0.4 is 10.6 Å². The van der Waals surface area contributed by atoms with Gasteiger partial charge >= 0.3 is 0 Å². The zero-order valence-corrected chi connectivity index (χ0v) is 16.4. The van der Waals surface area contributed by atoms with Gasteiger partial charge in [-0.2, -0.15) is 5.10 Å². The van der Waals surface area contributed by atoms with Gasteiger partial charge in [-0.05, 0) is 24.7 Å². The van der Waals surface area contributed by atoms with Crippen LogP contribution in [0.1, 0.15) is 76.2 Å². The highest BCUT2D eigenvalue weighted by Gasteiger charge is 2.28. The normalized spacial score (nSPS) is 14.9. The van der Waals surface area contributed by atoms with Crippen LogP contribution in [0.5, 0.6) is 0 Å². The number of aryl methyl sites for hydroxylation is 1. The summed E-state index contributed by atoms with van der Waals surface area (Å²) >= 11 is 0. The van der Waals surface area contributed by atoms with Crippen LogP contribution in [-0.4, -0.2) is 33.7 Å². The predicted molar refractivity (Wildman–Crippen MR) is 96.0 cm³/mol. The number of nitrogens with zero attached hydrogens (tertiary/aromatic N) is 2. The molecular weight excluding hydrogens is 304 g/mol. The van der Waals surface area contributed by atoms with Gasteiger partial charge in [-0.25, -0.2) is 0 Å². The van der Waals surface area contributed by atoms with Crippen LogP contribution in [0.3, 0.4) is 0 Å². The summed E-state index contributed by atoms with van der Waals surface area (Å²) < 4.78 is 1.49. The lowest BCUT2D eigenvalue weighted by molar-refractivity contribution is 0.0873. The molecule has 0 spiro atoms. The van der Waals surface area contributed by atoms with Gasteiger partial charge in [0.15, 0.2) is 5.69 Å². The Bertz CT molecular complexity index is 554. The zero-order chi connectivity index (χ0) is 18.9. The highest BCUT2D eigenvalue weighted by atomic mass is 16.2. The van der Waals surface area contributed by atoms with Crippen molar-refractivity contribution in [2.75, 3.05) is 0 Å². The van der Waals surface area contributed by atoms with E-state index < -0.39 is 0 Å². The maximum atomic E-state index is 12.6. The molecule has 136 valence electrons. The van der Waals surface area contributed by atoms with Gasteiger partial charge in [-0.15, -0.1) is 0 Å². The van der Waals surface area contributed by atoms with E-state index in [0.717, 1.165) is 0 Å². The topological polar surface area (TPSA) is 76.0 Å². The summed E-state index contributed by atoms with van der Waals surface area (Å²) in [5.74, 6) is -0.606. The van der Waals surface area contributed by atoms with Crippen LogP contribution >= 0.6 is 0 Å². The molecule has 0 bridgehead atoms. The molecule has 0 saturated heterocycles. The summed E-state index contributed by atoms with van der Waals surface area (Å²) in [7, 11) is 1.70. The van der Waals surface area contributed by atoms with Gasteiger partial charge in [0, 0.05) is 25.3 Å². The molecule has 1 heterocycles. The monoisotopic (exact) mass is 336 g/mol. The van der Waals surface area contributed by atoms with E-state index in [1.165, 1.54) is 4.68 Å². The molecule has 2 N–H and O–H groups in total. The molecule has 2 atom stereocenters. The quantitative estimate of drug-likeness (QED) is 0.887. The van der Waals surface area contributed by atoms with Crippen LogP contribution in [0, 0.1) is 10.8 Å². The molecule has 24 heavy (non-hydrogen) atoms. The van der Waals surface area contributed by atoms with Crippen molar-refractivity contribution in [2.24, 2.45) is 17.9 Å². The molecule has 0 aliphatic rings. The summed E-state index contributed by atoms with van der Waals surface area (Å²) in [5.41, 5.74) is 0.314. The highest BCUT2D eigenvalue weighted by Crippen LogP contribution is 2.21. The third kappa shape index (κ3) is 5.08. The number of carbonyl (C=O) groups is 2. The molecule has 0 saturated carbocycles. The third-order valence-electron chi connectivity index (χ3n) is 4.58. The predicted octanol–water partition coefficient (Wildman–Crippen LogP) is 2.75. The van der Waals surface area contributed by atoms with E-state index >= 15 is 0 Å². The van der Waals surface area contributed by atoms with E-state index in [9.17, 15) is 9.59 Å². The second-order valence-corrected chi connectivity index (χ2v) is 8.69. The van der Waals surface area contributed by atoms with E-state index in [-0.39, 0.29) is 40.4 Å². The number of carbonyl (C=O) groups excluding carboxylic acids is 2. The Hall–Kier alpha value is -1.85. The van der Waals surface area contributed by atoms with Gasteiger partial charge in [0.2, 0.25) is 0 Å². The smallest absolute Gasteiger partial charge is 0.272 e. The van der Waals surface area contributed by atoms with Crippen LogP contribution in [0.4, 0.5) is 0 Å². The van der Waals surface area contributed by atoms with Crippen molar-refractivity contribution < 1.29 is 9.59 Å². The lowest BCUT2D eigenvalue weighted by atomic mass is 9.87. The fourth-order valence-corrected chi connectivity index (χ4v) is 1.79. The van der Waals surface area contributed by atoms with Crippen LogP contribution in [0.25, 0.3) is 0 Å². The second kappa shape index (κ2) is 6.95. The first-order valence-electron chi connectivity index (χ1n) is 8.39. The van der Waals surface area contributed by atoms with Crippen molar-refractivity contribution in [1.82, 2.24) is 20.4 Å². The Morgan fingerprint density at radius 3 is 1.79 bits per heavy atom. The van der Waals surface area contributed by atoms with Crippen molar-refractivity contribution in [1.29, 1.82) is 0 Å². The molecule has 0 fully saturated rings. The van der Waals surface area contributed by atoms with Crippen molar-refractivity contribution in [3.63, 3.8) is 0 Å². The van der Waals surface area contributed by atoms with Crippen molar-refractivity contribution in [2.45, 2.75) is 67.5 Å². The number of amides is 2. The van der Waals surface area contributed by atoms with Gasteiger partial charge in [-0.3, -0.25) is 14.3 Å². The van der Waals surface area contributed by atoms with E-state index in [1.807, 2.05) is 13.8 Å². The second-order valence-electron chi connectivity index (χ2n) is 8.69. The largest absolute Gasteiger partial charge is 0.349 e. The number of hydrogen-bond acceptors (Lipinski definition) is 3. The standard InChI is InChI=1S/C18H32N4O2/c1-11(17(3,4)5)19-15(23)13-10-22(9)21-14(13)16(24)20-12(2)18(6,7)8/h10-12H,1-9H3,(H,19,23)(H,20,24). The third-order valence-corrected chi connectivity index (χ3v) is 4.58. The summed E-state index contributed by atoms with van der Waals surface area (Å²) in [4.78, 5) is 25.1. The van der Waals surface area contributed by atoms with Gasteiger partial charge in [0.25, 0.3) is 11.8 Å². The molecule has 0 aromatic carbocycles. The summed E-state index contributed by atoms with van der Waals surface area (Å²) in [6.07, 6.45) is 1.58. The molecule has 0 aliphatic carbocycles. The molecule has 2 amide bonds. The van der Waals surface area contributed by atoms with E-state index in [1.54, 1.807) is 13.2 Å². The first-order chi connectivity index (χ1) is 10.7. The number of aromatic nitrogens is 2. The van der Waals surface area contributed by atoms with Gasteiger partial charge in [0.1, 0.15) is 0 Å². The van der Waals surface area contributed by atoms with E-state index in [4.69, 9.17) is 0 Å². The van der Waals surface area contributed by atoms with Crippen LogP contribution in [-0.2, 0) is 7.05 Å². The zero-order valence-electron chi connectivity index (χ0n) is 16.4. The van der Waals surface area contributed by atoms with Crippen molar-refractivity contribution >= 4 is 11.8 Å². The van der Waals surface area contributed by atoms with Gasteiger partial charge in [0.05, 0.1) is 5.56 Å². The van der Waals surface area contributed by atoms with Gasteiger partial charge < -0.3 is 10.6 Å². The Morgan fingerprint density at radius 1 is 0.958 bits per heavy atom. The Balaban J connectivity index is 3.00. The van der Waals surface area contributed by atoms with Crippen molar-refractivity contribution in [3.8, 4) is 0 Å². The average molecular weight is 336 g/mol. The molecule has 1 aromatic heterocycles. The Kier molecular flexibility index (Phi) is 5.85. The minimum Gasteiger partial charge on any atom is -0.349 e. The number of hydrogen-bond donors (Lipinski definition) is 2. The Labute approximate surface area is 145 Å². The SMILES string of the molecule is CC(NC(=O)c1cn(C)nc1C(=O)NC(C)C(C)(C)C)C(C)(C)C. The lowest BCUT2D eigenvalue weighted by Crippen LogP contribution is -2.43. The first kappa shape index (κ1) is 20.2. The van der Waals surface area contributed by atoms with E-state index in [0.29, 0.717) is 5.56 Å². The summed E-state index contributed by atoms with van der Waals surface area (Å²) in [6, 6.07) is -0.0777. The molecule has 0 aliphatic heterocycles. The molecule has 1 aromatic rings. The number of nitrogens with one attached hydrogen (secondary N) is 2. The molecule has 1 rings (SSSR count). The molecule has 2 unspecified atom stereocenters. The fourth-order valence-electron chi connectivity index (χ4n) is 1.79. The van der Waals surface area contributed by atoms with Crippen LogP contribution in [0.2, 0.25) is 0 Å². The summed E-state index contributed by atoms with van der Waals surface area (Å²) in [6.45, 7) is 16.2. The highest BCUT2D eigenvalue weighted by molar-refractivity contribution is 6.06. The molecule has 0 radical (unpaired) electrons. The molecular formula is C18H32N4O2. The number of rotatable bonds is 4. The first-order valence-corrected chi connectivity index (χ1v) is 8.39. The molecule has 6 heteroatoms. The lowest BCUT2D eigenvalue weighted by Gasteiger charge is -2.28. The minimum atomic E-state index is -0.327.